The summed E-state index contributed by atoms with van der Waals surface area (Å²) in [6.45, 7) is 0. The standard InChI is InChI=1S/C16H16N2O2/c1-18(2)12-9-7-11(8-10-12)15-17-14-6-4-3-5-13(14)16(19)20-15/h3-10,15,17H,1-2H3/t15-/m1/s1. The number of carbonyl (C=O) groups is 1. The van der Waals surface area contributed by atoms with E-state index >= 15 is 0 Å². The van der Waals surface area contributed by atoms with Gasteiger partial charge in [0.05, 0.1) is 11.3 Å². The molecule has 0 radical (unpaired) electrons. The molecule has 4 nitrogen and oxygen atoms in total. The Morgan fingerprint density at radius 3 is 2.45 bits per heavy atom. The molecule has 1 heterocycles. The maximum absolute atomic E-state index is 12.0. The third kappa shape index (κ3) is 2.20. The van der Waals surface area contributed by atoms with Gasteiger partial charge < -0.3 is 15.0 Å². The molecule has 1 aliphatic heterocycles. The van der Waals surface area contributed by atoms with Crippen LogP contribution in [-0.4, -0.2) is 20.1 Å². The minimum absolute atomic E-state index is 0.291. The average molecular weight is 268 g/mol. The van der Waals surface area contributed by atoms with E-state index in [0.29, 0.717) is 5.56 Å². The maximum Gasteiger partial charge on any atom is 0.342 e. The second kappa shape index (κ2) is 4.89. The number of nitrogens with one attached hydrogen (secondary N) is 1. The van der Waals surface area contributed by atoms with Crippen LogP contribution >= 0.6 is 0 Å². The second-order valence-electron chi connectivity index (χ2n) is 4.96. The second-order valence-corrected chi connectivity index (χ2v) is 4.96. The van der Waals surface area contributed by atoms with Gasteiger partial charge in [0.15, 0.2) is 6.23 Å². The Hall–Kier alpha value is -2.49. The number of benzene rings is 2. The van der Waals surface area contributed by atoms with Crippen molar-refractivity contribution >= 4 is 17.3 Å². The summed E-state index contributed by atoms with van der Waals surface area (Å²) in [6.07, 6.45) is -0.436. The molecule has 102 valence electrons. The highest BCUT2D eigenvalue weighted by Gasteiger charge is 2.26. The fourth-order valence-corrected chi connectivity index (χ4v) is 2.23. The summed E-state index contributed by atoms with van der Waals surface area (Å²) in [5.41, 5.74) is 3.42. The molecule has 0 aromatic heterocycles. The molecule has 0 aliphatic carbocycles. The molecular formula is C16H16N2O2. The number of cyclic esters (lactones) is 1. The maximum atomic E-state index is 12.0. The SMILES string of the molecule is CN(C)c1ccc([C@@H]2Nc3ccccc3C(=O)O2)cc1. The van der Waals surface area contributed by atoms with Crippen LogP contribution < -0.4 is 10.2 Å². The number of rotatable bonds is 2. The third-order valence-corrected chi connectivity index (χ3v) is 3.37. The zero-order valence-corrected chi connectivity index (χ0v) is 11.5. The number of para-hydroxylation sites is 1. The Balaban J connectivity index is 1.88. The number of anilines is 2. The zero-order chi connectivity index (χ0) is 14.1. The number of nitrogens with zero attached hydrogens (tertiary/aromatic N) is 1. The summed E-state index contributed by atoms with van der Waals surface area (Å²) in [7, 11) is 3.98. The lowest BCUT2D eigenvalue weighted by Gasteiger charge is -2.27. The highest BCUT2D eigenvalue weighted by Crippen LogP contribution is 2.30. The van der Waals surface area contributed by atoms with E-state index in [0.717, 1.165) is 16.9 Å². The van der Waals surface area contributed by atoms with Crippen molar-refractivity contribution in [1.29, 1.82) is 0 Å². The van der Waals surface area contributed by atoms with E-state index < -0.39 is 6.23 Å². The van der Waals surface area contributed by atoms with Crippen molar-refractivity contribution < 1.29 is 9.53 Å². The van der Waals surface area contributed by atoms with E-state index in [1.54, 1.807) is 6.07 Å². The summed E-state index contributed by atoms with van der Waals surface area (Å²) in [5, 5.41) is 3.24. The Morgan fingerprint density at radius 2 is 1.75 bits per heavy atom. The predicted molar refractivity (Wildman–Crippen MR) is 79.0 cm³/mol. The largest absolute Gasteiger partial charge is 0.434 e. The lowest BCUT2D eigenvalue weighted by molar-refractivity contribution is 0.0330. The number of carbonyl (C=O) groups excluding carboxylic acids is 1. The van der Waals surface area contributed by atoms with E-state index in [1.165, 1.54) is 0 Å². The Morgan fingerprint density at radius 1 is 1.05 bits per heavy atom. The number of fused-ring (bicyclic) bond motifs is 1. The van der Waals surface area contributed by atoms with E-state index in [4.69, 9.17) is 4.74 Å². The summed E-state index contributed by atoms with van der Waals surface area (Å²) in [4.78, 5) is 14.0. The van der Waals surface area contributed by atoms with Crippen molar-refractivity contribution in [3.05, 3.63) is 59.7 Å². The first-order valence-electron chi connectivity index (χ1n) is 6.49. The van der Waals surface area contributed by atoms with Crippen LogP contribution in [0.3, 0.4) is 0 Å². The van der Waals surface area contributed by atoms with Crippen molar-refractivity contribution in [2.24, 2.45) is 0 Å². The van der Waals surface area contributed by atoms with Crippen LogP contribution in [0.25, 0.3) is 0 Å². The van der Waals surface area contributed by atoms with Crippen LogP contribution in [-0.2, 0) is 4.74 Å². The first kappa shape index (κ1) is 12.5. The third-order valence-electron chi connectivity index (χ3n) is 3.37. The van der Waals surface area contributed by atoms with Gasteiger partial charge >= 0.3 is 5.97 Å². The molecule has 0 saturated carbocycles. The fourth-order valence-electron chi connectivity index (χ4n) is 2.23. The molecule has 2 aromatic rings. The number of hydrogen-bond donors (Lipinski definition) is 1. The van der Waals surface area contributed by atoms with Crippen molar-refractivity contribution in [3.63, 3.8) is 0 Å². The lowest BCUT2D eigenvalue weighted by Crippen LogP contribution is -2.25. The molecule has 0 bridgehead atoms. The molecule has 0 saturated heterocycles. The molecule has 1 aliphatic rings. The summed E-state index contributed by atoms with van der Waals surface area (Å²) >= 11 is 0. The summed E-state index contributed by atoms with van der Waals surface area (Å²) in [6, 6.07) is 15.3. The normalized spacial score (nSPS) is 16.9. The molecule has 1 atom stereocenters. The van der Waals surface area contributed by atoms with Gasteiger partial charge in [-0.05, 0) is 24.3 Å². The van der Waals surface area contributed by atoms with Gasteiger partial charge in [0, 0.05) is 25.3 Å². The molecule has 1 N–H and O–H groups in total. The first-order chi connectivity index (χ1) is 9.65. The topological polar surface area (TPSA) is 41.6 Å². The Bertz CT molecular complexity index is 635. The van der Waals surface area contributed by atoms with Gasteiger partial charge in [-0.1, -0.05) is 24.3 Å². The van der Waals surface area contributed by atoms with Crippen LogP contribution in [0.2, 0.25) is 0 Å². The van der Waals surface area contributed by atoms with Crippen molar-refractivity contribution in [3.8, 4) is 0 Å². The number of esters is 1. The smallest absolute Gasteiger partial charge is 0.342 e. The monoisotopic (exact) mass is 268 g/mol. The predicted octanol–water partition coefficient (Wildman–Crippen LogP) is 3.03. The van der Waals surface area contributed by atoms with Gasteiger partial charge in [-0.3, -0.25) is 0 Å². The molecule has 4 heteroatoms. The van der Waals surface area contributed by atoms with Crippen LogP contribution in [0.15, 0.2) is 48.5 Å². The molecule has 0 fully saturated rings. The summed E-state index contributed by atoms with van der Waals surface area (Å²) < 4.78 is 5.44. The zero-order valence-electron chi connectivity index (χ0n) is 11.5. The number of ether oxygens (including phenoxy) is 1. The Kier molecular flexibility index (Phi) is 3.06. The van der Waals surface area contributed by atoms with Gasteiger partial charge in [-0.15, -0.1) is 0 Å². The molecule has 0 amide bonds. The first-order valence-corrected chi connectivity index (χ1v) is 6.49. The van der Waals surface area contributed by atoms with Gasteiger partial charge in [0.25, 0.3) is 0 Å². The molecule has 0 unspecified atom stereocenters. The molecule has 3 rings (SSSR count). The molecule has 20 heavy (non-hydrogen) atoms. The van der Waals surface area contributed by atoms with Crippen molar-refractivity contribution in [2.75, 3.05) is 24.3 Å². The minimum Gasteiger partial charge on any atom is -0.434 e. The van der Waals surface area contributed by atoms with Gasteiger partial charge in [-0.25, -0.2) is 4.79 Å². The van der Waals surface area contributed by atoms with Crippen LogP contribution in [0.4, 0.5) is 11.4 Å². The fraction of sp³-hybridized carbons (Fsp3) is 0.188. The lowest BCUT2D eigenvalue weighted by atomic mass is 10.1. The van der Waals surface area contributed by atoms with E-state index in [1.807, 2.05) is 61.5 Å². The van der Waals surface area contributed by atoms with E-state index in [-0.39, 0.29) is 5.97 Å². The highest BCUT2D eigenvalue weighted by atomic mass is 16.6. The Labute approximate surface area is 118 Å². The van der Waals surface area contributed by atoms with Gasteiger partial charge in [0.2, 0.25) is 0 Å². The van der Waals surface area contributed by atoms with Gasteiger partial charge in [-0.2, -0.15) is 0 Å². The molecule has 0 spiro atoms. The van der Waals surface area contributed by atoms with Crippen molar-refractivity contribution in [2.45, 2.75) is 6.23 Å². The van der Waals surface area contributed by atoms with E-state index in [9.17, 15) is 4.79 Å². The minimum atomic E-state index is -0.436. The quantitative estimate of drug-likeness (QED) is 0.850. The van der Waals surface area contributed by atoms with Crippen LogP contribution in [0.1, 0.15) is 22.1 Å². The van der Waals surface area contributed by atoms with Crippen molar-refractivity contribution in [1.82, 2.24) is 0 Å². The highest BCUT2D eigenvalue weighted by molar-refractivity contribution is 5.97. The molecular weight excluding hydrogens is 252 g/mol. The summed E-state index contributed by atoms with van der Waals surface area (Å²) in [5.74, 6) is -0.291. The van der Waals surface area contributed by atoms with Crippen LogP contribution in [0, 0.1) is 0 Å². The van der Waals surface area contributed by atoms with Gasteiger partial charge in [0.1, 0.15) is 0 Å². The number of hydrogen-bond acceptors (Lipinski definition) is 4. The van der Waals surface area contributed by atoms with Crippen LogP contribution in [0.5, 0.6) is 0 Å². The van der Waals surface area contributed by atoms with E-state index in [2.05, 4.69) is 5.32 Å². The molecule has 2 aromatic carbocycles. The average Bonchev–Trinajstić information content (AvgIpc) is 2.47.